The number of rotatable bonds is 3. The van der Waals surface area contributed by atoms with Crippen LogP contribution in [0.5, 0.6) is 0 Å². The number of ether oxygens (including phenoxy) is 1. The van der Waals surface area contributed by atoms with Gasteiger partial charge in [0.1, 0.15) is 5.88 Å². The van der Waals surface area contributed by atoms with Crippen molar-refractivity contribution in [3.05, 3.63) is 0 Å². The van der Waals surface area contributed by atoms with Crippen LogP contribution in [0.2, 0.25) is 0 Å². The summed E-state index contributed by atoms with van der Waals surface area (Å²) in [6, 6.07) is 0. The van der Waals surface area contributed by atoms with Crippen LogP contribution in [0.4, 0.5) is 0 Å². The number of hydrogen-bond acceptors (Lipinski definition) is 3. The number of amides is 1. The lowest BCUT2D eigenvalue weighted by atomic mass is 10.4. The van der Waals surface area contributed by atoms with Gasteiger partial charge >= 0.3 is 5.97 Å². The van der Waals surface area contributed by atoms with E-state index in [4.69, 9.17) is 11.6 Å². The van der Waals surface area contributed by atoms with E-state index in [1.165, 1.54) is 0 Å². The third-order valence-corrected chi connectivity index (χ3v) is 2.14. The lowest BCUT2D eigenvalue weighted by Crippen LogP contribution is -2.32. The number of nitrogens with zero attached hydrogens (tertiary/aromatic N) is 1. The molecule has 1 fully saturated rings. The van der Waals surface area contributed by atoms with Crippen molar-refractivity contribution in [3.8, 4) is 0 Å². The molecule has 0 atom stereocenters. The first-order chi connectivity index (χ1) is 6.24. The third kappa shape index (κ3) is 3.22. The number of carbonyl (C=O) groups excluding carboxylic acids is 2. The van der Waals surface area contributed by atoms with Crippen LogP contribution in [0, 0.1) is 0 Å². The fourth-order valence-corrected chi connectivity index (χ4v) is 1.32. The number of hydrogen-bond donors (Lipinski definition) is 0. The highest BCUT2D eigenvalue weighted by molar-refractivity contribution is 6.26. The predicted molar refractivity (Wildman–Crippen MR) is 47.5 cm³/mol. The van der Waals surface area contributed by atoms with Crippen LogP contribution < -0.4 is 0 Å². The summed E-state index contributed by atoms with van der Waals surface area (Å²) in [7, 11) is 0. The van der Waals surface area contributed by atoms with E-state index in [-0.39, 0.29) is 18.4 Å². The Morgan fingerprint density at radius 1 is 1.31 bits per heavy atom. The van der Waals surface area contributed by atoms with E-state index in [1.54, 1.807) is 4.90 Å². The Labute approximate surface area is 81.8 Å². The minimum Gasteiger partial charge on any atom is -0.455 e. The number of likely N-dealkylation sites (tertiary alicyclic amines) is 1. The van der Waals surface area contributed by atoms with Gasteiger partial charge in [-0.3, -0.25) is 9.59 Å². The van der Waals surface area contributed by atoms with Gasteiger partial charge in [0, 0.05) is 13.1 Å². The smallest absolute Gasteiger partial charge is 0.321 e. The van der Waals surface area contributed by atoms with E-state index in [0.717, 1.165) is 25.9 Å². The lowest BCUT2D eigenvalue weighted by Gasteiger charge is -2.14. The largest absolute Gasteiger partial charge is 0.455 e. The minimum atomic E-state index is -0.547. The molecule has 0 spiro atoms. The first-order valence-electron chi connectivity index (χ1n) is 4.23. The zero-order valence-electron chi connectivity index (χ0n) is 7.29. The van der Waals surface area contributed by atoms with Gasteiger partial charge in [0.15, 0.2) is 6.61 Å². The molecule has 1 amide bonds. The predicted octanol–water partition coefficient (Wildman–Crippen LogP) is 0.391. The van der Waals surface area contributed by atoms with Crippen molar-refractivity contribution in [1.29, 1.82) is 0 Å². The average molecular weight is 206 g/mol. The number of carbonyl (C=O) groups is 2. The molecule has 0 aliphatic carbocycles. The highest BCUT2D eigenvalue weighted by Gasteiger charge is 2.18. The summed E-state index contributed by atoms with van der Waals surface area (Å²) < 4.78 is 4.60. The zero-order chi connectivity index (χ0) is 9.68. The first kappa shape index (κ1) is 10.3. The molecule has 0 radical (unpaired) electrons. The molecular weight excluding hydrogens is 194 g/mol. The van der Waals surface area contributed by atoms with Gasteiger partial charge in [-0.1, -0.05) is 0 Å². The van der Waals surface area contributed by atoms with Gasteiger partial charge in [-0.2, -0.15) is 0 Å². The van der Waals surface area contributed by atoms with Crippen molar-refractivity contribution in [3.63, 3.8) is 0 Å². The van der Waals surface area contributed by atoms with Gasteiger partial charge in [-0.05, 0) is 12.8 Å². The zero-order valence-corrected chi connectivity index (χ0v) is 8.05. The summed E-state index contributed by atoms with van der Waals surface area (Å²) in [5.41, 5.74) is 0. The van der Waals surface area contributed by atoms with Crippen LogP contribution >= 0.6 is 11.6 Å². The average Bonchev–Trinajstić information content (AvgIpc) is 2.66. The van der Waals surface area contributed by atoms with E-state index in [1.807, 2.05) is 0 Å². The van der Waals surface area contributed by atoms with E-state index in [2.05, 4.69) is 4.74 Å². The fraction of sp³-hybridized carbons (Fsp3) is 0.750. The maximum atomic E-state index is 11.3. The number of alkyl halides is 1. The minimum absolute atomic E-state index is 0.129. The second-order valence-corrected chi connectivity index (χ2v) is 3.15. The molecule has 13 heavy (non-hydrogen) atoms. The van der Waals surface area contributed by atoms with E-state index in [0.29, 0.717) is 0 Å². The van der Waals surface area contributed by atoms with Crippen LogP contribution in [0.3, 0.4) is 0 Å². The Kier molecular flexibility index (Phi) is 4.02. The Hall–Kier alpha value is -0.770. The van der Waals surface area contributed by atoms with Gasteiger partial charge in [-0.25, -0.2) is 0 Å². The van der Waals surface area contributed by atoms with Crippen LogP contribution in [0.25, 0.3) is 0 Å². The topological polar surface area (TPSA) is 46.6 Å². The Morgan fingerprint density at radius 3 is 2.46 bits per heavy atom. The van der Waals surface area contributed by atoms with Crippen LogP contribution in [-0.2, 0) is 14.3 Å². The van der Waals surface area contributed by atoms with Gasteiger partial charge in [-0.15, -0.1) is 11.6 Å². The van der Waals surface area contributed by atoms with Crippen LogP contribution in [0.1, 0.15) is 12.8 Å². The van der Waals surface area contributed by atoms with Crippen molar-refractivity contribution in [2.24, 2.45) is 0 Å². The molecule has 5 heteroatoms. The molecule has 4 nitrogen and oxygen atoms in total. The van der Waals surface area contributed by atoms with Crippen LogP contribution in [-0.4, -0.2) is 42.4 Å². The summed E-state index contributed by atoms with van der Waals surface area (Å²) in [5.74, 6) is -0.877. The van der Waals surface area contributed by atoms with Gasteiger partial charge < -0.3 is 9.64 Å². The molecule has 1 saturated heterocycles. The summed E-state index contributed by atoms with van der Waals surface area (Å²) in [6.45, 7) is 1.38. The number of esters is 1. The second-order valence-electron chi connectivity index (χ2n) is 2.88. The van der Waals surface area contributed by atoms with Gasteiger partial charge in [0.2, 0.25) is 0 Å². The molecule has 0 aromatic carbocycles. The number of halogens is 1. The Bertz CT molecular complexity index is 202. The third-order valence-electron chi connectivity index (χ3n) is 1.92. The maximum Gasteiger partial charge on any atom is 0.321 e. The quantitative estimate of drug-likeness (QED) is 0.495. The summed E-state index contributed by atoms with van der Waals surface area (Å²) in [4.78, 5) is 23.6. The molecule has 0 unspecified atom stereocenters. The SMILES string of the molecule is O=C(CCl)OCC(=O)N1CCCC1. The molecule has 1 aliphatic rings. The molecule has 0 aromatic heterocycles. The standard InChI is InChI=1S/C8H12ClNO3/c9-5-8(12)13-6-7(11)10-3-1-2-4-10/h1-6H2. The van der Waals surface area contributed by atoms with Crippen molar-refractivity contribution < 1.29 is 14.3 Å². The summed E-state index contributed by atoms with van der Waals surface area (Å²) in [6.07, 6.45) is 2.07. The first-order valence-corrected chi connectivity index (χ1v) is 4.77. The summed E-state index contributed by atoms with van der Waals surface area (Å²) >= 11 is 5.20. The molecular formula is C8H12ClNO3. The van der Waals surface area contributed by atoms with Crippen molar-refractivity contribution >= 4 is 23.5 Å². The molecule has 0 N–H and O–H groups in total. The van der Waals surface area contributed by atoms with E-state index < -0.39 is 5.97 Å². The Morgan fingerprint density at radius 2 is 1.92 bits per heavy atom. The fourth-order valence-electron chi connectivity index (χ4n) is 1.24. The van der Waals surface area contributed by atoms with Crippen molar-refractivity contribution in [1.82, 2.24) is 4.90 Å². The van der Waals surface area contributed by atoms with E-state index in [9.17, 15) is 9.59 Å². The molecule has 0 saturated carbocycles. The monoisotopic (exact) mass is 205 g/mol. The van der Waals surface area contributed by atoms with Crippen molar-refractivity contribution in [2.75, 3.05) is 25.6 Å². The second kappa shape index (κ2) is 5.07. The van der Waals surface area contributed by atoms with Gasteiger partial charge in [0.25, 0.3) is 5.91 Å². The van der Waals surface area contributed by atoms with Gasteiger partial charge in [0.05, 0.1) is 0 Å². The molecule has 0 aromatic rings. The Balaban J connectivity index is 2.20. The highest BCUT2D eigenvalue weighted by Crippen LogP contribution is 2.07. The maximum absolute atomic E-state index is 11.3. The van der Waals surface area contributed by atoms with Crippen LogP contribution in [0.15, 0.2) is 0 Å². The molecule has 74 valence electrons. The normalized spacial score (nSPS) is 15.9. The molecule has 1 rings (SSSR count). The highest BCUT2D eigenvalue weighted by atomic mass is 35.5. The molecule has 0 bridgehead atoms. The summed E-state index contributed by atoms with van der Waals surface area (Å²) in [5, 5.41) is 0. The van der Waals surface area contributed by atoms with E-state index >= 15 is 0 Å². The molecule has 1 aliphatic heterocycles. The lowest BCUT2D eigenvalue weighted by molar-refractivity contribution is -0.149. The van der Waals surface area contributed by atoms with Crippen molar-refractivity contribution in [2.45, 2.75) is 12.8 Å². The molecule has 1 heterocycles.